The molecule has 4 rings (SSSR count). The maximum absolute atomic E-state index is 13.9. The molecule has 0 radical (unpaired) electrons. The van der Waals surface area contributed by atoms with Gasteiger partial charge in [0, 0.05) is 37.9 Å². The molecule has 2 aliphatic heterocycles. The summed E-state index contributed by atoms with van der Waals surface area (Å²) in [5.74, 6) is 0.823. The molecular formula is C23H30FN3O3. The van der Waals surface area contributed by atoms with E-state index in [0.717, 1.165) is 50.9 Å². The van der Waals surface area contributed by atoms with Crippen LogP contribution >= 0.6 is 0 Å². The van der Waals surface area contributed by atoms with E-state index in [1.54, 1.807) is 19.1 Å². The molecule has 2 saturated heterocycles. The number of likely N-dealkylation sites (tertiary alicyclic amines) is 1. The summed E-state index contributed by atoms with van der Waals surface area (Å²) < 4.78 is 24.8. The summed E-state index contributed by atoms with van der Waals surface area (Å²) in [7, 11) is 0. The summed E-state index contributed by atoms with van der Waals surface area (Å²) in [5, 5.41) is 3.92. The van der Waals surface area contributed by atoms with Crippen LogP contribution in [0.15, 0.2) is 34.9 Å². The van der Waals surface area contributed by atoms with Crippen LogP contribution in [0.4, 0.5) is 4.39 Å². The summed E-state index contributed by atoms with van der Waals surface area (Å²) >= 11 is 0. The standard InChI is InChI=1S/C23H30FN3O3/c1-17-13-22(25-30-17)23(28)27(16-20-6-4-12-29-20)14-18-8-10-26(11-9-18)15-19-5-2-3-7-21(19)24/h2-3,5,7,13,18,20H,4,6,8-12,14-16H2,1H3/t20-/m0/s1. The Morgan fingerprint density at radius 2 is 2.03 bits per heavy atom. The highest BCUT2D eigenvalue weighted by Crippen LogP contribution is 2.23. The predicted octanol–water partition coefficient (Wildman–Crippen LogP) is 3.66. The van der Waals surface area contributed by atoms with Gasteiger partial charge in [0.15, 0.2) is 5.69 Å². The number of nitrogens with zero attached hydrogens (tertiary/aromatic N) is 3. The van der Waals surface area contributed by atoms with Crippen molar-refractivity contribution < 1.29 is 18.4 Å². The van der Waals surface area contributed by atoms with Crippen molar-refractivity contribution in [1.82, 2.24) is 15.0 Å². The van der Waals surface area contributed by atoms with Crippen LogP contribution in [-0.2, 0) is 11.3 Å². The Morgan fingerprint density at radius 1 is 1.23 bits per heavy atom. The molecule has 0 unspecified atom stereocenters. The van der Waals surface area contributed by atoms with Crippen LogP contribution < -0.4 is 0 Å². The van der Waals surface area contributed by atoms with Gasteiger partial charge < -0.3 is 14.2 Å². The van der Waals surface area contributed by atoms with Crippen molar-refractivity contribution >= 4 is 5.91 Å². The Labute approximate surface area is 177 Å². The molecular weight excluding hydrogens is 385 g/mol. The maximum Gasteiger partial charge on any atom is 0.276 e. The molecule has 3 heterocycles. The number of amides is 1. The van der Waals surface area contributed by atoms with Gasteiger partial charge in [0.05, 0.1) is 6.10 Å². The van der Waals surface area contributed by atoms with E-state index in [1.807, 2.05) is 17.0 Å². The van der Waals surface area contributed by atoms with Crippen LogP contribution in [0.25, 0.3) is 0 Å². The number of aromatic nitrogens is 1. The molecule has 2 aliphatic rings. The number of carbonyl (C=O) groups is 1. The zero-order valence-electron chi connectivity index (χ0n) is 17.6. The second-order valence-corrected chi connectivity index (χ2v) is 8.48. The zero-order chi connectivity index (χ0) is 20.9. The third-order valence-electron chi connectivity index (χ3n) is 6.12. The van der Waals surface area contributed by atoms with Gasteiger partial charge in [0.2, 0.25) is 0 Å². The first-order valence-electron chi connectivity index (χ1n) is 10.9. The summed E-state index contributed by atoms with van der Waals surface area (Å²) in [6, 6.07) is 8.67. The summed E-state index contributed by atoms with van der Waals surface area (Å²) in [5.41, 5.74) is 1.11. The maximum atomic E-state index is 13.9. The number of benzene rings is 1. The molecule has 2 fully saturated rings. The van der Waals surface area contributed by atoms with Gasteiger partial charge in [-0.05, 0) is 57.7 Å². The SMILES string of the molecule is Cc1cc(C(=O)N(CC2CCN(Cc3ccccc3F)CC2)C[C@@H]2CCCO2)no1. The lowest BCUT2D eigenvalue weighted by Gasteiger charge is -2.35. The highest BCUT2D eigenvalue weighted by molar-refractivity contribution is 5.92. The normalized spacial score (nSPS) is 20.5. The van der Waals surface area contributed by atoms with E-state index in [9.17, 15) is 9.18 Å². The van der Waals surface area contributed by atoms with Crippen LogP contribution in [0.3, 0.4) is 0 Å². The summed E-state index contributed by atoms with van der Waals surface area (Å²) in [4.78, 5) is 17.2. The summed E-state index contributed by atoms with van der Waals surface area (Å²) in [6.07, 6.45) is 4.11. The van der Waals surface area contributed by atoms with Crippen LogP contribution in [0.2, 0.25) is 0 Å². The van der Waals surface area contributed by atoms with Crippen molar-refractivity contribution in [1.29, 1.82) is 0 Å². The molecule has 162 valence electrons. The topological polar surface area (TPSA) is 58.8 Å². The van der Waals surface area contributed by atoms with E-state index in [2.05, 4.69) is 10.1 Å². The van der Waals surface area contributed by atoms with E-state index in [1.165, 1.54) is 6.07 Å². The zero-order valence-corrected chi connectivity index (χ0v) is 17.6. The van der Waals surface area contributed by atoms with E-state index < -0.39 is 0 Å². The number of halogens is 1. The highest BCUT2D eigenvalue weighted by Gasteiger charge is 2.29. The minimum absolute atomic E-state index is 0.0869. The van der Waals surface area contributed by atoms with Gasteiger partial charge in [-0.25, -0.2) is 4.39 Å². The Morgan fingerprint density at radius 3 is 2.70 bits per heavy atom. The lowest BCUT2D eigenvalue weighted by molar-refractivity contribution is 0.0437. The Kier molecular flexibility index (Phi) is 6.79. The number of carbonyl (C=O) groups excluding carboxylic acids is 1. The molecule has 0 saturated carbocycles. The third kappa shape index (κ3) is 5.26. The molecule has 1 amide bonds. The van der Waals surface area contributed by atoms with Gasteiger partial charge in [0.1, 0.15) is 11.6 Å². The van der Waals surface area contributed by atoms with Crippen LogP contribution in [0.5, 0.6) is 0 Å². The van der Waals surface area contributed by atoms with Crippen molar-refractivity contribution in [2.24, 2.45) is 5.92 Å². The molecule has 1 aromatic heterocycles. The van der Waals surface area contributed by atoms with Crippen molar-refractivity contribution in [2.75, 3.05) is 32.8 Å². The fraction of sp³-hybridized carbons (Fsp3) is 0.565. The van der Waals surface area contributed by atoms with Gasteiger partial charge in [-0.3, -0.25) is 9.69 Å². The minimum Gasteiger partial charge on any atom is -0.376 e. The van der Waals surface area contributed by atoms with Crippen LogP contribution in [-0.4, -0.2) is 59.8 Å². The Balaban J connectivity index is 1.34. The molecule has 1 aromatic carbocycles. The van der Waals surface area contributed by atoms with Crippen LogP contribution in [0.1, 0.15) is 47.5 Å². The number of piperidine rings is 1. The molecule has 2 aromatic rings. The van der Waals surface area contributed by atoms with Crippen molar-refractivity contribution in [2.45, 2.75) is 45.3 Å². The average molecular weight is 416 g/mol. The molecule has 0 aliphatic carbocycles. The Hall–Kier alpha value is -2.25. The monoisotopic (exact) mass is 415 g/mol. The number of hydrogen-bond acceptors (Lipinski definition) is 5. The van der Waals surface area contributed by atoms with Crippen LogP contribution in [0, 0.1) is 18.7 Å². The first-order valence-corrected chi connectivity index (χ1v) is 10.9. The largest absolute Gasteiger partial charge is 0.376 e. The van der Waals surface area contributed by atoms with E-state index in [-0.39, 0.29) is 17.8 Å². The molecule has 0 bridgehead atoms. The van der Waals surface area contributed by atoms with Gasteiger partial charge in [-0.15, -0.1) is 0 Å². The number of rotatable bonds is 7. The van der Waals surface area contributed by atoms with E-state index >= 15 is 0 Å². The first kappa shape index (κ1) is 21.0. The second kappa shape index (κ2) is 9.71. The van der Waals surface area contributed by atoms with Gasteiger partial charge >= 0.3 is 0 Å². The number of aryl methyl sites for hydroxylation is 1. The quantitative estimate of drug-likeness (QED) is 0.691. The lowest BCUT2D eigenvalue weighted by Crippen LogP contribution is -2.43. The molecule has 7 heteroatoms. The summed E-state index contributed by atoms with van der Waals surface area (Å²) in [6.45, 7) is 6.30. The smallest absolute Gasteiger partial charge is 0.276 e. The van der Waals surface area contributed by atoms with E-state index in [4.69, 9.17) is 9.26 Å². The average Bonchev–Trinajstić information content (AvgIpc) is 3.42. The van der Waals surface area contributed by atoms with Gasteiger partial charge in [0.25, 0.3) is 5.91 Å². The highest BCUT2D eigenvalue weighted by atomic mass is 19.1. The third-order valence-corrected chi connectivity index (χ3v) is 6.12. The fourth-order valence-corrected chi connectivity index (χ4v) is 4.41. The fourth-order valence-electron chi connectivity index (χ4n) is 4.41. The first-order chi connectivity index (χ1) is 14.6. The van der Waals surface area contributed by atoms with Crippen molar-refractivity contribution in [3.8, 4) is 0 Å². The number of ether oxygens (including phenoxy) is 1. The number of hydrogen-bond donors (Lipinski definition) is 0. The van der Waals surface area contributed by atoms with Gasteiger partial charge in [-0.1, -0.05) is 23.4 Å². The lowest BCUT2D eigenvalue weighted by atomic mass is 9.95. The molecule has 1 atom stereocenters. The van der Waals surface area contributed by atoms with Crippen molar-refractivity contribution in [3.05, 3.63) is 53.2 Å². The molecule has 30 heavy (non-hydrogen) atoms. The molecule has 6 nitrogen and oxygen atoms in total. The predicted molar refractivity (Wildman–Crippen MR) is 111 cm³/mol. The molecule has 0 spiro atoms. The van der Waals surface area contributed by atoms with Gasteiger partial charge in [-0.2, -0.15) is 0 Å². The second-order valence-electron chi connectivity index (χ2n) is 8.48. The Bertz CT molecular complexity index is 842. The molecule has 0 N–H and O–H groups in total. The van der Waals surface area contributed by atoms with Crippen molar-refractivity contribution in [3.63, 3.8) is 0 Å². The minimum atomic E-state index is -0.143. The van der Waals surface area contributed by atoms with E-state index in [0.29, 0.717) is 37.0 Å².